The maximum Gasteiger partial charge on any atom is 0.172 e. The van der Waals surface area contributed by atoms with Crippen LogP contribution in [0.15, 0.2) is 22.7 Å². The van der Waals surface area contributed by atoms with Gasteiger partial charge in [-0.3, -0.25) is 0 Å². The lowest BCUT2D eigenvalue weighted by Gasteiger charge is -2.13. The second-order valence-electron chi connectivity index (χ2n) is 3.34. The lowest BCUT2D eigenvalue weighted by atomic mass is 10.2. The van der Waals surface area contributed by atoms with Gasteiger partial charge < -0.3 is 9.53 Å². The van der Waals surface area contributed by atoms with Gasteiger partial charge in [-0.25, -0.2) is 0 Å². The van der Waals surface area contributed by atoms with Crippen molar-refractivity contribution < 1.29 is 9.53 Å². The Balaban J connectivity index is 2.55. The normalized spacial score (nSPS) is 12.2. The summed E-state index contributed by atoms with van der Waals surface area (Å²) in [6.07, 6.45) is 0.976. The molecular weight excluding hydrogens is 406 g/mol. The number of ether oxygens (including phenoxy) is 1. The van der Waals surface area contributed by atoms with Crippen LogP contribution in [0.25, 0.3) is 0 Å². The van der Waals surface area contributed by atoms with Crippen LogP contribution in [0.2, 0.25) is 0 Å². The number of benzene rings is 1. The van der Waals surface area contributed by atoms with Crippen molar-refractivity contribution in [2.75, 3.05) is 0 Å². The minimum Gasteiger partial charge on any atom is -0.474 e. The molecule has 1 aromatic rings. The Bertz CT molecular complexity index is 384. The van der Waals surface area contributed by atoms with Crippen LogP contribution >= 0.6 is 50.1 Å². The van der Waals surface area contributed by atoms with Crippen molar-refractivity contribution in [1.29, 1.82) is 0 Å². The highest BCUT2D eigenvalue weighted by Crippen LogP contribution is 2.26. The molecule has 1 aromatic carbocycles. The number of hydrogen-bond donors (Lipinski definition) is 0. The zero-order valence-corrected chi connectivity index (χ0v) is 13.2. The molecule has 0 saturated heterocycles. The molecule has 0 aromatic heterocycles. The molecule has 0 aliphatic rings. The fraction of sp³-hybridized carbons (Fsp3) is 0.364. The van der Waals surface area contributed by atoms with Crippen molar-refractivity contribution in [3.8, 4) is 5.75 Å². The summed E-state index contributed by atoms with van der Waals surface area (Å²) in [4.78, 5) is 10.8. The molecule has 0 spiro atoms. The Labute approximate surface area is 122 Å². The van der Waals surface area contributed by atoms with Crippen LogP contribution in [-0.4, -0.2) is 11.3 Å². The topological polar surface area (TPSA) is 26.3 Å². The van der Waals surface area contributed by atoms with E-state index in [1.54, 1.807) is 6.92 Å². The van der Waals surface area contributed by atoms with Gasteiger partial charge in [0.25, 0.3) is 0 Å². The molecule has 0 heterocycles. The van der Waals surface area contributed by atoms with Crippen LogP contribution in [0.5, 0.6) is 5.75 Å². The molecule has 0 bridgehead atoms. The molecule has 1 rings (SSSR count). The third kappa shape index (κ3) is 5.01. The van der Waals surface area contributed by atoms with Crippen molar-refractivity contribution >= 4 is 55.9 Å². The number of halogens is 3. The van der Waals surface area contributed by atoms with E-state index in [0.717, 1.165) is 13.8 Å². The summed E-state index contributed by atoms with van der Waals surface area (Å²) in [5, 5.41) is 0. The van der Waals surface area contributed by atoms with E-state index in [9.17, 15) is 4.79 Å². The van der Waals surface area contributed by atoms with Crippen LogP contribution in [0.4, 0.5) is 0 Å². The highest BCUT2D eigenvalue weighted by Gasteiger charge is 2.10. The predicted molar refractivity (Wildman–Crippen MR) is 77.0 cm³/mol. The van der Waals surface area contributed by atoms with E-state index < -0.39 is 5.56 Å². The number of ketones is 1. The molecule has 0 saturated carbocycles. The molecule has 0 amide bonds. The Morgan fingerprint density at radius 2 is 2.31 bits per heavy atom. The van der Waals surface area contributed by atoms with Crippen molar-refractivity contribution in [2.45, 2.75) is 25.3 Å². The third-order valence-electron chi connectivity index (χ3n) is 1.87. The molecular formula is C11H11BrClIO2. The molecule has 1 unspecified atom stereocenters. The molecule has 0 fully saturated rings. The summed E-state index contributed by atoms with van der Waals surface area (Å²) < 4.78 is 7.52. The largest absolute Gasteiger partial charge is 0.474 e. The lowest BCUT2D eigenvalue weighted by Crippen LogP contribution is -2.11. The monoisotopic (exact) mass is 416 g/mol. The number of carbonyl (C=O) groups is 1. The molecule has 0 radical (unpaired) electrons. The molecule has 0 aliphatic heterocycles. The third-order valence-corrected chi connectivity index (χ3v) is 3.52. The van der Waals surface area contributed by atoms with Crippen molar-refractivity contribution in [2.24, 2.45) is 0 Å². The van der Waals surface area contributed by atoms with Gasteiger partial charge >= 0.3 is 0 Å². The average Bonchev–Trinajstić information content (AvgIpc) is 2.19. The second kappa shape index (κ2) is 6.81. The predicted octanol–water partition coefficient (Wildman–Crippen LogP) is 4.37. The summed E-state index contributed by atoms with van der Waals surface area (Å²) in [6, 6.07) is 5.70. The van der Waals surface area contributed by atoms with E-state index >= 15 is 0 Å². The fourth-order valence-electron chi connectivity index (χ4n) is 1.08. The Hall–Kier alpha value is 0.190. The molecule has 0 aliphatic carbocycles. The molecule has 1 atom stereocenters. The van der Waals surface area contributed by atoms with E-state index in [0.29, 0.717) is 12.8 Å². The average molecular weight is 417 g/mol. The van der Waals surface area contributed by atoms with Crippen molar-refractivity contribution in [3.05, 3.63) is 26.2 Å². The van der Waals surface area contributed by atoms with Gasteiger partial charge in [0.2, 0.25) is 0 Å². The van der Waals surface area contributed by atoms with Crippen LogP contribution < -0.4 is 4.74 Å². The number of hydrogen-bond acceptors (Lipinski definition) is 2. The smallest absolute Gasteiger partial charge is 0.172 e. The van der Waals surface area contributed by atoms with Gasteiger partial charge in [-0.15, -0.1) is 0 Å². The molecule has 88 valence electrons. The molecule has 2 nitrogen and oxygen atoms in total. The van der Waals surface area contributed by atoms with Crippen molar-refractivity contribution in [3.63, 3.8) is 0 Å². The quantitative estimate of drug-likeness (QED) is 0.526. The van der Waals surface area contributed by atoms with Crippen LogP contribution in [0.3, 0.4) is 0 Å². The highest BCUT2D eigenvalue weighted by atomic mass is 127. The van der Waals surface area contributed by atoms with Crippen LogP contribution in [0, 0.1) is 3.57 Å². The molecule has 0 N–H and O–H groups in total. The Morgan fingerprint density at radius 3 is 2.88 bits per heavy atom. The van der Waals surface area contributed by atoms with E-state index in [2.05, 4.69) is 38.5 Å². The fourth-order valence-corrected chi connectivity index (χ4v) is 2.72. The van der Waals surface area contributed by atoms with E-state index in [1.807, 2.05) is 18.2 Å². The van der Waals surface area contributed by atoms with Gasteiger partial charge in [0.1, 0.15) is 11.5 Å². The van der Waals surface area contributed by atoms with Gasteiger partial charge in [0.05, 0.1) is 3.57 Å². The first-order valence-electron chi connectivity index (χ1n) is 4.74. The number of rotatable bonds is 5. The van der Waals surface area contributed by atoms with E-state index in [-0.39, 0.29) is 5.78 Å². The van der Waals surface area contributed by atoms with Gasteiger partial charge in [-0.2, -0.15) is 0 Å². The Morgan fingerprint density at radius 1 is 1.62 bits per heavy atom. The van der Waals surface area contributed by atoms with E-state index in [1.165, 1.54) is 0 Å². The first kappa shape index (κ1) is 14.3. The minimum absolute atomic E-state index is 0.125. The number of Topliss-reactive ketones (excluding diaryl/α,β-unsaturated/α-hetero) is 1. The maximum atomic E-state index is 10.8. The summed E-state index contributed by atoms with van der Waals surface area (Å²) in [5.41, 5.74) is -0.460. The van der Waals surface area contributed by atoms with Gasteiger partial charge in [-0.1, -0.05) is 27.5 Å². The summed E-state index contributed by atoms with van der Waals surface area (Å²) >= 11 is 11.5. The number of carbonyl (C=O) groups excluding carboxylic acids is 1. The first-order chi connectivity index (χ1) is 7.49. The molecule has 16 heavy (non-hydrogen) atoms. The highest BCUT2D eigenvalue weighted by molar-refractivity contribution is 14.1. The zero-order chi connectivity index (χ0) is 12.1. The first-order valence-corrected chi connectivity index (χ1v) is 7.05. The zero-order valence-electron chi connectivity index (χ0n) is 8.67. The van der Waals surface area contributed by atoms with Crippen LogP contribution in [0.1, 0.15) is 19.8 Å². The van der Waals surface area contributed by atoms with Gasteiger partial charge in [0, 0.05) is 17.3 Å². The maximum absolute atomic E-state index is 10.8. The van der Waals surface area contributed by atoms with Gasteiger partial charge in [0.15, 0.2) is 5.56 Å². The summed E-state index contributed by atoms with van der Waals surface area (Å²) in [5.74, 6) is 0.868. The van der Waals surface area contributed by atoms with Gasteiger partial charge in [-0.05, 0) is 47.7 Å². The SMILES string of the molecule is CC(=O)CCC(Cl)Oc1ccc(Br)cc1I. The molecule has 5 heteroatoms. The lowest BCUT2D eigenvalue weighted by molar-refractivity contribution is -0.117. The van der Waals surface area contributed by atoms with Crippen LogP contribution in [-0.2, 0) is 4.79 Å². The summed E-state index contributed by atoms with van der Waals surface area (Å²) in [6.45, 7) is 1.55. The van der Waals surface area contributed by atoms with Crippen molar-refractivity contribution in [1.82, 2.24) is 0 Å². The number of alkyl halides is 1. The summed E-state index contributed by atoms with van der Waals surface area (Å²) in [7, 11) is 0. The second-order valence-corrected chi connectivity index (χ2v) is 5.91. The van der Waals surface area contributed by atoms with E-state index in [4.69, 9.17) is 16.3 Å². The standard InChI is InChI=1S/C11H11BrClIO2/c1-7(15)2-5-11(13)16-10-4-3-8(12)6-9(10)14/h3-4,6,11H,2,5H2,1H3. The minimum atomic E-state index is -0.460. The Kier molecular flexibility index (Phi) is 6.07.